The van der Waals surface area contributed by atoms with E-state index in [2.05, 4.69) is 15.9 Å². The summed E-state index contributed by atoms with van der Waals surface area (Å²) < 4.78 is 17.8. The van der Waals surface area contributed by atoms with E-state index in [0.717, 1.165) is 5.56 Å². The van der Waals surface area contributed by atoms with Crippen LogP contribution in [0.1, 0.15) is 5.56 Å². The maximum absolute atomic E-state index is 13.0. The molecule has 0 aliphatic heterocycles. The van der Waals surface area contributed by atoms with Gasteiger partial charge in [-0.2, -0.15) is 0 Å². The van der Waals surface area contributed by atoms with Crippen LogP contribution in [0.4, 0.5) is 4.39 Å². The standard InChI is InChI=1S/C9H8BrFO/c1-12-9-3-2-7(4-5-10)6-8(9)11/h2-6H,1H3/b5-4+. The van der Waals surface area contributed by atoms with Gasteiger partial charge in [-0.1, -0.05) is 22.0 Å². The third-order valence-corrected chi connectivity index (χ3v) is 1.70. The average Bonchev–Trinajstić information content (AvgIpc) is 2.05. The van der Waals surface area contributed by atoms with E-state index in [1.165, 1.54) is 13.2 Å². The number of halogens is 2. The van der Waals surface area contributed by atoms with Crippen LogP contribution in [-0.2, 0) is 0 Å². The Hall–Kier alpha value is -0.830. The van der Waals surface area contributed by atoms with Crippen molar-refractivity contribution in [2.24, 2.45) is 0 Å². The molecule has 0 saturated heterocycles. The predicted molar refractivity (Wildman–Crippen MR) is 50.9 cm³/mol. The van der Waals surface area contributed by atoms with Gasteiger partial charge < -0.3 is 4.74 Å². The van der Waals surface area contributed by atoms with Crippen molar-refractivity contribution < 1.29 is 9.13 Å². The molecule has 0 heterocycles. The van der Waals surface area contributed by atoms with Crippen LogP contribution in [0, 0.1) is 5.82 Å². The van der Waals surface area contributed by atoms with Gasteiger partial charge >= 0.3 is 0 Å². The number of ether oxygens (including phenoxy) is 1. The Morgan fingerprint density at radius 2 is 2.25 bits per heavy atom. The van der Waals surface area contributed by atoms with Gasteiger partial charge in [-0.05, 0) is 28.8 Å². The summed E-state index contributed by atoms with van der Waals surface area (Å²) >= 11 is 3.11. The summed E-state index contributed by atoms with van der Waals surface area (Å²) in [5.41, 5.74) is 0.796. The molecule has 1 aromatic carbocycles. The maximum Gasteiger partial charge on any atom is 0.165 e. The zero-order valence-corrected chi connectivity index (χ0v) is 8.14. The van der Waals surface area contributed by atoms with Crippen molar-refractivity contribution in [2.75, 3.05) is 7.11 Å². The summed E-state index contributed by atoms with van der Waals surface area (Å²) in [6.45, 7) is 0. The number of methoxy groups -OCH3 is 1. The van der Waals surface area contributed by atoms with Crippen molar-refractivity contribution in [1.29, 1.82) is 0 Å². The highest BCUT2D eigenvalue weighted by Crippen LogP contribution is 2.18. The topological polar surface area (TPSA) is 9.23 Å². The molecule has 1 aromatic rings. The van der Waals surface area contributed by atoms with Gasteiger partial charge in [-0.15, -0.1) is 0 Å². The van der Waals surface area contributed by atoms with Gasteiger partial charge in [-0.25, -0.2) is 4.39 Å². The van der Waals surface area contributed by atoms with E-state index in [4.69, 9.17) is 4.74 Å². The quantitative estimate of drug-likeness (QED) is 0.759. The fourth-order valence-corrected chi connectivity index (χ4v) is 1.16. The second kappa shape index (κ2) is 4.26. The molecule has 0 saturated carbocycles. The second-order valence-electron chi connectivity index (χ2n) is 2.19. The van der Waals surface area contributed by atoms with Gasteiger partial charge in [0.1, 0.15) is 0 Å². The van der Waals surface area contributed by atoms with Crippen molar-refractivity contribution in [2.45, 2.75) is 0 Å². The Morgan fingerprint density at radius 1 is 1.50 bits per heavy atom. The zero-order chi connectivity index (χ0) is 8.97. The first-order valence-corrected chi connectivity index (χ1v) is 4.30. The molecule has 0 atom stereocenters. The van der Waals surface area contributed by atoms with Gasteiger partial charge in [-0.3, -0.25) is 0 Å². The van der Waals surface area contributed by atoms with Gasteiger partial charge in [0.15, 0.2) is 11.6 Å². The summed E-state index contributed by atoms with van der Waals surface area (Å²) in [6.07, 6.45) is 1.75. The largest absolute Gasteiger partial charge is 0.494 e. The lowest BCUT2D eigenvalue weighted by molar-refractivity contribution is 0.386. The highest BCUT2D eigenvalue weighted by molar-refractivity contribution is 9.11. The van der Waals surface area contributed by atoms with Crippen LogP contribution in [0.5, 0.6) is 5.75 Å². The molecule has 12 heavy (non-hydrogen) atoms. The normalized spacial score (nSPS) is 10.6. The van der Waals surface area contributed by atoms with Crippen LogP contribution < -0.4 is 4.74 Å². The number of hydrogen-bond acceptors (Lipinski definition) is 1. The molecule has 0 unspecified atom stereocenters. The second-order valence-corrected chi connectivity index (χ2v) is 2.72. The van der Waals surface area contributed by atoms with Gasteiger partial charge in [0, 0.05) is 0 Å². The monoisotopic (exact) mass is 230 g/mol. The minimum Gasteiger partial charge on any atom is -0.494 e. The highest BCUT2D eigenvalue weighted by Gasteiger charge is 2.00. The molecule has 0 aliphatic rings. The summed E-state index contributed by atoms with van der Waals surface area (Å²) in [4.78, 5) is 1.67. The lowest BCUT2D eigenvalue weighted by atomic mass is 10.2. The van der Waals surface area contributed by atoms with E-state index in [1.54, 1.807) is 23.2 Å². The molecular formula is C9H8BrFO. The Balaban J connectivity index is 3.01. The van der Waals surface area contributed by atoms with Crippen LogP contribution in [0.15, 0.2) is 23.2 Å². The Morgan fingerprint density at radius 3 is 2.75 bits per heavy atom. The summed E-state index contributed by atoms with van der Waals surface area (Å²) in [5.74, 6) is -0.0812. The van der Waals surface area contributed by atoms with Crippen molar-refractivity contribution in [3.63, 3.8) is 0 Å². The van der Waals surface area contributed by atoms with Crippen molar-refractivity contribution >= 4 is 22.0 Å². The summed E-state index contributed by atoms with van der Waals surface area (Å²) in [5, 5.41) is 0. The molecule has 0 radical (unpaired) electrons. The van der Waals surface area contributed by atoms with E-state index in [0.29, 0.717) is 0 Å². The molecule has 0 aliphatic carbocycles. The highest BCUT2D eigenvalue weighted by atomic mass is 79.9. The fourth-order valence-electron chi connectivity index (χ4n) is 0.859. The molecule has 0 fully saturated rings. The van der Waals surface area contributed by atoms with Crippen LogP contribution in [-0.4, -0.2) is 7.11 Å². The molecule has 0 aromatic heterocycles. The number of hydrogen-bond donors (Lipinski definition) is 0. The molecule has 1 nitrogen and oxygen atoms in total. The molecule has 3 heteroatoms. The van der Waals surface area contributed by atoms with Crippen molar-refractivity contribution in [1.82, 2.24) is 0 Å². The van der Waals surface area contributed by atoms with E-state index in [1.807, 2.05) is 0 Å². The Labute approximate surface area is 79.0 Å². The average molecular weight is 231 g/mol. The van der Waals surface area contributed by atoms with Crippen molar-refractivity contribution in [3.8, 4) is 5.75 Å². The first-order chi connectivity index (χ1) is 5.77. The van der Waals surface area contributed by atoms with E-state index in [-0.39, 0.29) is 11.6 Å². The lowest BCUT2D eigenvalue weighted by Gasteiger charge is -2.01. The summed E-state index contributed by atoms with van der Waals surface area (Å²) in [6, 6.07) is 4.79. The SMILES string of the molecule is COc1ccc(/C=C/Br)cc1F. The molecule has 64 valence electrons. The van der Waals surface area contributed by atoms with Crippen LogP contribution in [0.25, 0.3) is 6.08 Å². The van der Waals surface area contributed by atoms with Crippen LogP contribution in [0.3, 0.4) is 0 Å². The van der Waals surface area contributed by atoms with Crippen LogP contribution >= 0.6 is 15.9 Å². The van der Waals surface area contributed by atoms with Crippen LogP contribution in [0.2, 0.25) is 0 Å². The fraction of sp³-hybridized carbons (Fsp3) is 0.111. The Bertz CT molecular complexity index is 297. The van der Waals surface area contributed by atoms with E-state index >= 15 is 0 Å². The molecule has 1 rings (SSSR count). The molecule has 0 bridgehead atoms. The maximum atomic E-state index is 13.0. The number of benzene rings is 1. The van der Waals surface area contributed by atoms with Gasteiger partial charge in [0.2, 0.25) is 0 Å². The first-order valence-electron chi connectivity index (χ1n) is 3.38. The lowest BCUT2D eigenvalue weighted by Crippen LogP contribution is -1.87. The van der Waals surface area contributed by atoms with Gasteiger partial charge in [0.25, 0.3) is 0 Å². The van der Waals surface area contributed by atoms with Gasteiger partial charge in [0.05, 0.1) is 7.11 Å². The zero-order valence-electron chi connectivity index (χ0n) is 6.55. The molecular weight excluding hydrogens is 223 g/mol. The molecule has 0 amide bonds. The third kappa shape index (κ3) is 2.08. The van der Waals surface area contributed by atoms with Crippen molar-refractivity contribution in [3.05, 3.63) is 34.6 Å². The Kier molecular flexibility index (Phi) is 3.29. The smallest absolute Gasteiger partial charge is 0.165 e. The third-order valence-electron chi connectivity index (χ3n) is 1.43. The first kappa shape index (κ1) is 9.26. The van der Waals surface area contributed by atoms with E-state index in [9.17, 15) is 4.39 Å². The predicted octanol–water partition coefficient (Wildman–Crippen LogP) is 3.20. The summed E-state index contributed by atoms with van der Waals surface area (Å²) in [7, 11) is 1.44. The molecule has 0 N–H and O–H groups in total. The molecule has 0 spiro atoms. The minimum atomic E-state index is -0.347. The number of rotatable bonds is 2. The van der Waals surface area contributed by atoms with E-state index < -0.39 is 0 Å². The minimum absolute atomic E-state index is 0.265.